The zero-order chi connectivity index (χ0) is 8.10. The van der Waals surface area contributed by atoms with Crippen molar-refractivity contribution in [1.82, 2.24) is 5.32 Å². The molecule has 1 fully saturated rings. The Labute approximate surface area is 69.0 Å². The van der Waals surface area contributed by atoms with Gasteiger partial charge in [-0.25, -0.2) is 0 Å². The van der Waals surface area contributed by atoms with E-state index in [1.807, 2.05) is 0 Å². The van der Waals surface area contributed by atoms with Gasteiger partial charge in [0.1, 0.15) is 0 Å². The Morgan fingerprint density at radius 3 is 2.82 bits per heavy atom. The molecule has 0 aliphatic heterocycles. The Balaban J connectivity index is 1.99. The largest absolute Gasteiger partial charge is 0.396 e. The lowest BCUT2D eigenvalue weighted by atomic mass is 10.1. The molecule has 0 aromatic carbocycles. The van der Waals surface area contributed by atoms with Crippen LogP contribution >= 0.6 is 0 Å². The number of hydrogen-bond acceptors (Lipinski definition) is 2. The van der Waals surface area contributed by atoms with Crippen molar-refractivity contribution in [3.63, 3.8) is 0 Å². The molecule has 0 amide bonds. The third-order valence-corrected chi connectivity index (χ3v) is 2.46. The maximum Gasteiger partial charge on any atom is 0.0443 e. The lowest BCUT2D eigenvalue weighted by molar-refractivity contribution is 0.283. The molecule has 0 saturated heterocycles. The fourth-order valence-corrected chi connectivity index (χ4v) is 1.78. The normalized spacial score (nSPS) is 31.1. The molecule has 0 spiro atoms. The van der Waals surface area contributed by atoms with Crippen LogP contribution in [-0.2, 0) is 0 Å². The van der Waals surface area contributed by atoms with Crippen molar-refractivity contribution in [3.8, 4) is 0 Å². The van der Waals surface area contributed by atoms with Crippen LogP contribution in [0, 0.1) is 5.92 Å². The minimum Gasteiger partial charge on any atom is -0.396 e. The quantitative estimate of drug-likeness (QED) is 0.600. The number of rotatable bonds is 4. The summed E-state index contributed by atoms with van der Waals surface area (Å²) in [5, 5.41) is 12.0. The molecule has 1 rings (SSSR count). The Hall–Kier alpha value is -0.0800. The van der Waals surface area contributed by atoms with Gasteiger partial charge in [-0.15, -0.1) is 0 Å². The van der Waals surface area contributed by atoms with Crippen LogP contribution in [0.15, 0.2) is 0 Å². The van der Waals surface area contributed by atoms with Crippen LogP contribution in [-0.4, -0.2) is 24.3 Å². The topological polar surface area (TPSA) is 32.3 Å². The minimum absolute atomic E-state index is 0.315. The highest BCUT2D eigenvalue weighted by atomic mass is 16.3. The van der Waals surface area contributed by atoms with Gasteiger partial charge < -0.3 is 10.4 Å². The van der Waals surface area contributed by atoms with E-state index >= 15 is 0 Å². The van der Waals surface area contributed by atoms with Crippen molar-refractivity contribution >= 4 is 0 Å². The van der Waals surface area contributed by atoms with E-state index in [0.717, 1.165) is 24.9 Å². The Morgan fingerprint density at radius 1 is 1.45 bits per heavy atom. The van der Waals surface area contributed by atoms with Gasteiger partial charge in [0.15, 0.2) is 0 Å². The molecule has 0 unspecified atom stereocenters. The van der Waals surface area contributed by atoms with E-state index in [2.05, 4.69) is 12.2 Å². The second kappa shape index (κ2) is 4.73. The third-order valence-electron chi connectivity index (χ3n) is 2.46. The van der Waals surface area contributed by atoms with Crippen molar-refractivity contribution < 1.29 is 5.11 Å². The van der Waals surface area contributed by atoms with Crippen LogP contribution in [0.3, 0.4) is 0 Å². The summed E-state index contributed by atoms with van der Waals surface area (Å²) in [5.74, 6) is 0.904. The molecule has 66 valence electrons. The van der Waals surface area contributed by atoms with Crippen LogP contribution in [0.5, 0.6) is 0 Å². The van der Waals surface area contributed by atoms with Crippen LogP contribution in [0.4, 0.5) is 0 Å². The fraction of sp³-hybridized carbons (Fsp3) is 1.00. The van der Waals surface area contributed by atoms with Crippen molar-refractivity contribution in [2.75, 3.05) is 13.2 Å². The molecular weight excluding hydrogens is 138 g/mol. The van der Waals surface area contributed by atoms with Gasteiger partial charge in [-0.05, 0) is 38.1 Å². The molecule has 1 aliphatic carbocycles. The summed E-state index contributed by atoms with van der Waals surface area (Å²) in [4.78, 5) is 0. The zero-order valence-electron chi connectivity index (χ0n) is 7.34. The summed E-state index contributed by atoms with van der Waals surface area (Å²) in [7, 11) is 0. The fourth-order valence-electron chi connectivity index (χ4n) is 1.78. The maximum absolute atomic E-state index is 8.55. The molecule has 0 bridgehead atoms. The van der Waals surface area contributed by atoms with Gasteiger partial charge in [0, 0.05) is 12.6 Å². The molecule has 2 heteroatoms. The van der Waals surface area contributed by atoms with Gasteiger partial charge in [0.2, 0.25) is 0 Å². The standard InChI is InChI=1S/C9H19NO/c1-8-3-4-9(7-8)10-5-2-6-11/h8-11H,2-7H2,1H3/t8-,9-/m1/s1. The molecule has 1 aliphatic rings. The predicted molar refractivity (Wildman–Crippen MR) is 46.5 cm³/mol. The van der Waals surface area contributed by atoms with E-state index < -0.39 is 0 Å². The summed E-state index contributed by atoms with van der Waals surface area (Å²) in [6, 6.07) is 0.733. The highest BCUT2D eigenvalue weighted by molar-refractivity contribution is 4.77. The van der Waals surface area contributed by atoms with Crippen molar-refractivity contribution in [3.05, 3.63) is 0 Å². The average Bonchev–Trinajstić information content (AvgIpc) is 2.37. The number of aliphatic hydroxyl groups is 1. The molecule has 2 atom stereocenters. The molecule has 0 heterocycles. The van der Waals surface area contributed by atoms with Crippen LogP contribution in [0.25, 0.3) is 0 Å². The van der Waals surface area contributed by atoms with Gasteiger partial charge in [-0.1, -0.05) is 6.92 Å². The molecule has 0 aromatic heterocycles. The third kappa shape index (κ3) is 3.21. The Bertz CT molecular complexity index is 106. The van der Waals surface area contributed by atoms with E-state index in [-0.39, 0.29) is 0 Å². The summed E-state index contributed by atoms with van der Waals surface area (Å²) in [6.45, 7) is 3.61. The lowest BCUT2D eigenvalue weighted by Gasteiger charge is -2.10. The first-order chi connectivity index (χ1) is 5.33. The molecule has 2 nitrogen and oxygen atoms in total. The number of aliphatic hydroxyl groups excluding tert-OH is 1. The smallest absolute Gasteiger partial charge is 0.0443 e. The van der Waals surface area contributed by atoms with Crippen molar-refractivity contribution in [1.29, 1.82) is 0 Å². The molecule has 0 radical (unpaired) electrons. The van der Waals surface area contributed by atoms with E-state index in [9.17, 15) is 0 Å². The summed E-state index contributed by atoms with van der Waals surface area (Å²) in [5.41, 5.74) is 0. The molecule has 1 saturated carbocycles. The Morgan fingerprint density at radius 2 is 2.27 bits per heavy atom. The maximum atomic E-state index is 8.55. The van der Waals surface area contributed by atoms with Crippen LogP contribution in [0.1, 0.15) is 32.6 Å². The monoisotopic (exact) mass is 157 g/mol. The van der Waals surface area contributed by atoms with Crippen molar-refractivity contribution in [2.45, 2.75) is 38.6 Å². The van der Waals surface area contributed by atoms with Gasteiger partial charge in [-0.3, -0.25) is 0 Å². The highest BCUT2D eigenvalue weighted by Crippen LogP contribution is 2.24. The zero-order valence-corrected chi connectivity index (χ0v) is 7.34. The van der Waals surface area contributed by atoms with E-state index in [4.69, 9.17) is 5.11 Å². The number of nitrogens with one attached hydrogen (secondary N) is 1. The van der Waals surface area contributed by atoms with Gasteiger partial charge in [0.25, 0.3) is 0 Å². The molecule has 2 N–H and O–H groups in total. The first-order valence-electron chi connectivity index (χ1n) is 4.67. The molecule has 11 heavy (non-hydrogen) atoms. The van der Waals surface area contributed by atoms with Crippen molar-refractivity contribution in [2.24, 2.45) is 5.92 Å². The first kappa shape index (κ1) is 9.01. The first-order valence-corrected chi connectivity index (χ1v) is 4.67. The number of hydrogen-bond donors (Lipinski definition) is 2. The summed E-state index contributed by atoms with van der Waals surface area (Å²) >= 11 is 0. The molecular formula is C9H19NO. The molecule has 0 aromatic rings. The second-order valence-electron chi connectivity index (χ2n) is 3.65. The van der Waals surface area contributed by atoms with E-state index in [0.29, 0.717) is 6.61 Å². The SMILES string of the molecule is C[C@@H]1CC[C@@H](NCCCO)C1. The van der Waals surface area contributed by atoms with E-state index in [1.54, 1.807) is 0 Å². The summed E-state index contributed by atoms with van der Waals surface area (Å²) in [6.07, 6.45) is 4.92. The van der Waals surface area contributed by atoms with Crippen LogP contribution in [0.2, 0.25) is 0 Å². The predicted octanol–water partition coefficient (Wildman–Crippen LogP) is 1.15. The minimum atomic E-state index is 0.315. The lowest BCUT2D eigenvalue weighted by Crippen LogP contribution is -2.27. The van der Waals surface area contributed by atoms with E-state index in [1.165, 1.54) is 19.3 Å². The van der Waals surface area contributed by atoms with Gasteiger partial charge in [0.05, 0.1) is 0 Å². The Kier molecular flexibility index (Phi) is 3.87. The average molecular weight is 157 g/mol. The second-order valence-corrected chi connectivity index (χ2v) is 3.65. The van der Waals surface area contributed by atoms with Gasteiger partial charge >= 0.3 is 0 Å². The van der Waals surface area contributed by atoms with Crippen LogP contribution < -0.4 is 5.32 Å². The van der Waals surface area contributed by atoms with Gasteiger partial charge in [-0.2, -0.15) is 0 Å². The summed E-state index contributed by atoms with van der Waals surface area (Å²) < 4.78 is 0. The highest BCUT2D eigenvalue weighted by Gasteiger charge is 2.19.